The first kappa shape index (κ1) is 17.9. The third-order valence-corrected chi connectivity index (χ3v) is 3.69. The third kappa shape index (κ3) is 6.00. The van der Waals surface area contributed by atoms with Gasteiger partial charge < -0.3 is 15.9 Å². The molecule has 1 unspecified atom stereocenters. The quantitative estimate of drug-likeness (QED) is 0.653. The second kappa shape index (κ2) is 8.98. The van der Waals surface area contributed by atoms with Crippen LogP contribution in [0, 0.1) is 0 Å². The Labute approximate surface area is 128 Å². The fourth-order valence-corrected chi connectivity index (χ4v) is 2.60. The van der Waals surface area contributed by atoms with Gasteiger partial charge in [0.25, 0.3) is 0 Å². The lowest BCUT2D eigenvalue weighted by atomic mass is 9.91. The van der Waals surface area contributed by atoms with E-state index in [4.69, 9.17) is 5.73 Å². The zero-order chi connectivity index (χ0) is 15.7. The molecule has 0 aliphatic heterocycles. The molecule has 0 bridgehead atoms. The molecule has 118 valence electrons. The predicted octanol–water partition coefficient (Wildman–Crippen LogP) is 3.41. The van der Waals surface area contributed by atoms with Gasteiger partial charge in [-0.3, -0.25) is 0 Å². The number of hydrogen-bond donors (Lipinski definition) is 3. The summed E-state index contributed by atoms with van der Waals surface area (Å²) in [5.41, 5.74) is 6.62. The topological polar surface area (TPSA) is 66.5 Å². The van der Waals surface area contributed by atoms with Crippen LogP contribution < -0.4 is 5.73 Å². The summed E-state index contributed by atoms with van der Waals surface area (Å²) in [5.74, 6) is 0. The maximum Gasteiger partial charge on any atom is 0.0830 e. The van der Waals surface area contributed by atoms with Gasteiger partial charge in [0.2, 0.25) is 0 Å². The van der Waals surface area contributed by atoms with Crippen LogP contribution in [-0.2, 0) is 0 Å². The molecule has 0 aliphatic rings. The van der Waals surface area contributed by atoms with Crippen LogP contribution in [0.1, 0.15) is 63.2 Å². The van der Waals surface area contributed by atoms with E-state index in [1.54, 1.807) is 0 Å². The normalized spacial score (nSPS) is 13.8. The van der Waals surface area contributed by atoms with Crippen LogP contribution in [-0.4, -0.2) is 22.4 Å². The predicted molar refractivity (Wildman–Crippen MR) is 88.9 cm³/mol. The Kier molecular flexibility index (Phi) is 7.65. The Morgan fingerprint density at radius 2 is 1.90 bits per heavy atom. The van der Waals surface area contributed by atoms with Crippen molar-refractivity contribution < 1.29 is 10.2 Å². The second-order valence-corrected chi connectivity index (χ2v) is 5.70. The van der Waals surface area contributed by atoms with Crippen LogP contribution in [0.3, 0.4) is 0 Å². The van der Waals surface area contributed by atoms with Crippen LogP contribution in [0.15, 0.2) is 30.3 Å². The van der Waals surface area contributed by atoms with E-state index < -0.39 is 11.7 Å². The summed E-state index contributed by atoms with van der Waals surface area (Å²) in [4.78, 5) is 0. The molecule has 0 saturated carbocycles. The fraction of sp³-hybridized carbons (Fsp3) is 0.556. The van der Waals surface area contributed by atoms with Gasteiger partial charge >= 0.3 is 0 Å². The number of hydrogen-bond acceptors (Lipinski definition) is 3. The minimum absolute atomic E-state index is 0.466. The highest BCUT2D eigenvalue weighted by atomic mass is 16.3. The molecule has 1 aromatic rings. The number of nitrogens with two attached hydrogens (primary N) is 1. The maximum absolute atomic E-state index is 10.6. The van der Waals surface area contributed by atoms with Crippen LogP contribution in [0.2, 0.25) is 0 Å². The van der Waals surface area contributed by atoms with E-state index in [9.17, 15) is 10.2 Å². The summed E-state index contributed by atoms with van der Waals surface area (Å²) in [7, 11) is 0. The summed E-state index contributed by atoms with van der Waals surface area (Å²) < 4.78 is 0. The lowest BCUT2D eigenvalue weighted by Crippen LogP contribution is -2.24. The molecule has 0 radical (unpaired) electrons. The van der Waals surface area contributed by atoms with Crippen molar-refractivity contribution in [2.24, 2.45) is 5.73 Å². The summed E-state index contributed by atoms with van der Waals surface area (Å²) in [5, 5.41) is 20.6. The van der Waals surface area contributed by atoms with Gasteiger partial charge in [-0.15, -0.1) is 0 Å². The van der Waals surface area contributed by atoms with E-state index in [1.807, 2.05) is 36.4 Å². The van der Waals surface area contributed by atoms with E-state index in [0.29, 0.717) is 13.0 Å². The van der Waals surface area contributed by atoms with Crippen LogP contribution in [0.25, 0.3) is 6.08 Å². The van der Waals surface area contributed by atoms with Crippen molar-refractivity contribution in [1.82, 2.24) is 0 Å². The van der Waals surface area contributed by atoms with Crippen molar-refractivity contribution in [2.75, 3.05) is 6.54 Å². The van der Waals surface area contributed by atoms with Crippen LogP contribution in [0.5, 0.6) is 0 Å². The lowest BCUT2D eigenvalue weighted by molar-refractivity contribution is 0.0714. The SMILES string of the molecule is CCCC(O)(C=Cc1cccc(C(O)CCN)c1)CCC. The van der Waals surface area contributed by atoms with E-state index in [0.717, 1.165) is 36.8 Å². The highest BCUT2D eigenvalue weighted by molar-refractivity contribution is 5.52. The average molecular weight is 291 g/mol. The first-order valence-corrected chi connectivity index (χ1v) is 7.94. The van der Waals surface area contributed by atoms with E-state index in [1.165, 1.54) is 0 Å². The van der Waals surface area contributed by atoms with Crippen molar-refractivity contribution in [1.29, 1.82) is 0 Å². The Balaban J connectivity index is 2.85. The monoisotopic (exact) mass is 291 g/mol. The summed E-state index contributed by atoms with van der Waals surface area (Å²) in [6.07, 6.45) is 7.33. The highest BCUT2D eigenvalue weighted by Crippen LogP contribution is 2.23. The highest BCUT2D eigenvalue weighted by Gasteiger charge is 2.20. The first-order chi connectivity index (χ1) is 10.0. The van der Waals surface area contributed by atoms with Crippen molar-refractivity contribution >= 4 is 6.08 Å². The van der Waals surface area contributed by atoms with E-state index in [-0.39, 0.29) is 0 Å². The van der Waals surface area contributed by atoms with Gasteiger partial charge in [-0.05, 0) is 43.0 Å². The fourth-order valence-electron chi connectivity index (χ4n) is 2.60. The summed E-state index contributed by atoms with van der Waals surface area (Å²) in [6, 6.07) is 7.76. The molecule has 0 spiro atoms. The minimum Gasteiger partial charge on any atom is -0.388 e. The second-order valence-electron chi connectivity index (χ2n) is 5.70. The van der Waals surface area contributed by atoms with Gasteiger partial charge in [-0.1, -0.05) is 57.0 Å². The molecule has 0 amide bonds. The van der Waals surface area contributed by atoms with Gasteiger partial charge in [0.1, 0.15) is 0 Å². The molecule has 3 heteroatoms. The van der Waals surface area contributed by atoms with Gasteiger partial charge in [0.15, 0.2) is 0 Å². The zero-order valence-electron chi connectivity index (χ0n) is 13.3. The van der Waals surface area contributed by atoms with Crippen LogP contribution in [0.4, 0.5) is 0 Å². The largest absolute Gasteiger partial charge is 0.388 e. The standard InChI is InChI=1S/C18H29NO2/c1-3-10-18(21,11-4-2)12-8-15-6-5-7-16(14-15)17(20)9-13-19/h5-8,12,14,17,20-21H,3-4,9-11,13,19H2,1-2H3. The van der Waals surface area contributed by atoms with Crippen molar-refractivity contribution in [3.05, 3.63) is 41.5 Å². The molecule has 3 nitrogen and oxygen atoms in total. The van der Waals surface area contributed by atoms with Crippen LogP contribution >= 0.6 is 0 Å². The Bertz CT molecular complexity index is 437. The molecule has 1 rings (SSSR count). The number of aliphatic hydroxyl groups is 2. The van der Waals surface area contributed by atoms with Gasteiger partial charge in [-0.2, -0.15) is 0 Å². The molecule has 0 saturated heterocycles. The Morgan fingerprint density at radius 3 is 2.48 bits per heavy atom. The molecule has 0 fully saturated rings. The Hall–Kier alpha value is -1.16. The molecule has 0 aliphatic carbocycles. The number of aliphatic hydroxyl groups excluding tert-OH is 1. The molecule has 4 N–H and O–H groups in total. The minimum atomic E-state index is -0.727. The van der Waals surface area contributed by atoms with Crippen molar-refractivity contribution in [2.45, 2.75) is 57.7 Å². The average Bonchev–Trinajstić information content (AvgIpc) is 2.46. The van der Waals surface area contributed by atoms with Gasteiger partial charge in [0, 0.05) is 0 Å². The Morgan fingerprint density at radius 1 is 1.24 bits per heavy atom. The van der Waals surface area contributed by atoms with Crippen molar-refractivity contribution in [3.63, 3.8) is 0 Å². The lowest BCUT2D eigenvalue weighted by Gasteiger charge is -2.23. The van der Waals surface area contributed by atoms with E-state index >= 15 is 0 Å². The van der Waals surface area contributed by atoms with E-state index in [2.05, 4.69) is 13.8 Å². The smallest absolute Gasteiger partial charge is 0.0830 e. The molecule has 21 heavy (non-hydrogen) atoms. The first-order valence-electron chi connectivity index (χ1n) is 7.94. The molecule has 0 heterocycles. The number of rotatable bonds is 9. The van der Waals surface area contributed by atoms with Gasteiger partial charge in [0.05, 0.1) is 11.7 Å². The zero-order valence-corrected chi connectivity index (χ0v) is 13.3. The number of benzene rings is 1. The molecule has 0 aromatic heterocycles. The molecular formula is C18H29NO2. The summed E-state index contributed by atoms with van der Waals surface area (Å²) in [6.45, 7) is 4.63. The maximum atomic E-state index is 10.6. The molecule has 1 atom stereocenters. The van der Waals surface area contributed by atoms with Crippen molar-refractivity contribution in [3.8, 4) is 0 Å². The molecular weight excluding hydrogens is 262 g/mol. The third-order valence-electron chi connectivity index (χ3n) is 3.69. The van der Waals surface area contributed by atoms with Gasteiger partial charge in [-0.25, -0.2) is 0 Å². The summed E-state index contributed by atoms with van der Waals surface area (Å²) >= 11 is 0. The molecule has 1 aromatic carbocycles.